The maximum Gasteiger partial charge on any atom is 0.251 e. The second kappa shape index (κ2) is 20.0. The molecule has 0 unspecified atom stereocenters. The van der Waals surface area contributed by atoms with Gasteiger partial charge in [0.2, 0.25) is 5.96 Å². The molecule has 11 nitrogen and oxygen atoms in total. The van der Waals surface area contributed by atoms with Crippen molar-refractivity contribution >= 4 is 40.0 Å². The number of hydrogen-bond donors (Lipinski definition) is 5. The van der Waals surface area contributed by atoms with Crippen LogP contribution in [0.1, 0.15) is 37.6 Å². The van der Waals surface area contributed by atoms with Crippen molar-refractivity contribution in [3.05, 3.63) is 103 Å². The molecule has 45 heavy (non-hydrogen) atoms. The van der Waals surface area contributed by atoms with E-state index in [1.807, 2.05) is 73.7 Å². The van der Waals surface area contributed by atoms with Crippen LogP contribution in [0.25, 0.3) is 10.9 Å². The molecule has 0 spiro atoms. The van der Waals surface area contributed by atoms with Gasteiger partial charge in [0.25, 0.3) is 5.91 Å². The summed E-state index contributed by atoms with van der Waals surface area (Å²) in [6.07, 6.45) is 3.02. The van der Waals surface area contributed by atoms with Crippen LogP contribution < -0.4 is 21.3 Å². The fourth-order valence-electron chi connectivity index (χ4n) is 3.83. The number of anilines is 2. The van der Waals surface area contributed by atoms with E-state index in [4.69, 9.17) is 9.47 Å². The Hall–Kier alpha value is -5.00. The van der Waals surface area contributed by atoms with Crippen molar-refractivity contribution in [2.24, 2.45) is 9.98 Å². The number of aromatic nitrogens is 2. The molecule has 11 heteroatoms. The van der Waals surface area contributed by atoms with Gasteiger partial charge in [-0.3, -0.25) is 14.9 Å². The van der Waals surface area contributed by atoms with Gasteiger partial charge < -0.3 is 30.7 Å². The molecular weight excluding hydrogens is 568 g/mol. The predicted octanol–water partition coefficient (Wildman–Crippen LogP) is 5.80. The molecule has 4 aromatic rings. The number of guanidine groups is 1. The summed E-state index contributed by atoms with van der Waals surface area (Å²) in [7, 11) is 0. The minimum Gasteiger partial charge on any atom is -0.377 e. The summed E-state index contributed by atoms with van der Waals surface area (Å²) < 4.78 is 11.1. The fraction of sp³-hybridized carbons (Fsp3) is 0.294. The topological polar surface area (TPSA) is 137 Å². The average Bonchev–Trinajstić information content (AvgIpc) is 3.51. The van der Waals surface area contributed by atoms with E-state index in [9.17, 15) is 4.79 Å². The number of nitrogens with zero attached hydrogens (tertiary/aromatic N) is 3. The lowest BCUT2D eigenvalue weighted by atomic mass is 10.2. The smallest absolute Gasteiger partial charge is 0.251 e. The molecule has 0 aliphatic heterocycles. The Morgan fingerprint density at radius 3 is 2.31 bits per heavy atom. The van der Waals surface area contributed by atoms with Crippen LogP contribution in [0.4, 0.5) is 11.4 Å². The fourth-order valence-corrected chi connectivity index (χ4v) is 3.83. The van der Waals surface area contributed by atoms with Crippen LogP contribution in [0.15, 0.2) is 107 Å². The van der Waals surface area contributed by atoms with Gasteiger partial charge in [0.05, 0.1) is 44.7 Å². The van der Waals surface area contributed by atoms with Gasteiger partial charge in [-0.1, -0.05) is 63.2 Å². The zero-order valence-electron chi connectivity index (χ0n) is 26.3. The van der Waals surface area contributed by atoms with Crippen LogP contribution in [0.2, 0.25) is 0 Å². The van der Waals surface area contributed by atoms with Crippen molar-refractivity contribution in [3.63, 3.8) is 0 Å². The zero-order valence-corrected chi connectivity index (χ0v) is 26.3. The van der Waals surface area contributed by atoms with Crippen LogP contribution in [-0.2, 0) is 9.47 Å². The molecule has 0 radical (unpaired) electrons. The van der Waals surface area contributed by atoms with Crippen LogP contribution in [-0.4, -0.2) is 67.4 Å². The van der Waals surface area contributed by atoms with E-state index in [1.54, 1.807) is 18.3 Å². The Bertz CT molecular complexity index is 1500. The highest BCUT2D eigenvalue weighted by Gasteiger charge is 2.06. The van der Waals surface area contributed by atoms with E-state index in [0.717, 1.165) is 22.3 Å². The first-order valence-corrected chi connectivity index (χ1v) is 15.0. The quantitative estimate of drug-likeness (QED) is 0.0689. The molecule has 0 aliphatic carbocycles. The van der Waals surface area contributed by atoms with Crippen LogP contribution in [0.5, 0.6) is 0 Å². The first-order chi connectivity index (χ1) is 22.0. The predicted molar refractivity (Wildman–Crippen MR) is 184 cm³/mol. The second-order valence-corrected chi connectivity index (χ2v) is 9.83. The molecular formula is C34H44N8O3. The lowest BCUT2D eigenvalue weighted by Crippen LogP contribution is -2.33. The first-order valence-electron chi connectivity index (χ1n) is 15.0. The molecule has 0 atom stereocenters. The minimum atomic E-state index is -0.115. The number of amidine groups is 1. The van der Waals surface area contributed by atoms with Crippen molar-refractivity contribution < 1.29 is 14.3 Å². The molecule has 0 saturated carbocycles. The summed E-state index contributed by atoms with van der Waals surface area (Å²) in [5.41, 5.74) is 3.26. The number of aromatic amines is 1. The normalized spacial score (nSPS) is 11.4. The lowest BCUT2D eigenvalue weighted by molar-refractivity contribution is 0.0512. The highest BCUT2D eigenvalue weighted by atomic mass is 16.5. The van der Waals surface area contributed by atoms with E-state index in [1.165, 1.54) is 6.42 Å². The summed E-state index contributed by atoms with van der Waals surface area (Å²) >= 11 is 0. The third kappa shape index (κ3) is 13.5. The minimum absolute atomic E-state index is 0.115. The van der Waals surface area contributed by atoms with Crippen molar-refractivity contribution in [2.75, 3.05) is 50.2 Å². The number of rotatable bonds is 14. The average molecular weight is 613 g/mol. The molecule has 1 heterocycles. The molecule has 4 rings (SSSR count). The molecule has 0 saturated heterocycles. The number of fused-ring (bicyclic) bond motifs is 1. The maximum absolute atomic E-state index is 12.0. The number of benzene rings is 3. The number of carbonyl (C=O) groups excluding carboxylic acids is 1. The Morgan fingerprint density at radius 2 is 1.58 bits per heavy atom. The Labute approximate surface area is 265 Å². The number of hydrogen-bond acceptors (Lipinski definition) is 6. The summed E-state index contributed by atoms with van der Waals surface area (Å²) in [5, 5.41) is 20.6. The Kier molecular flexibility index (Phi) is 15.4. The van der Waals surface area contributed by atoms with Gasteiger partial charge in [-0.05, 0) is 49.4 Å². The maximum atomic E-state index is 12.0. The Morgan fingerprint density at radius 1 is 0.889 bits per heavy atom. The molecule has 0 aliphatic rings. The number of para-hydroxylation sites is 1. The summed E-state index contributed by atoms with van der Waals surface area (Å²) in [4.78, 5) is 21.1. The third-order valence-corrected chi connectivity index (χ3v) is 5.83. The van der Waals surface area contributed by atoms with Gasteiger partial charge in [0.15, 0.2) is 0 Å². The van der Waals surface area contributed by atoms with Gasteiger partial charge in [-0.25, -0.2) is 4.99 Å². The van der Waals surface area contributed by atoms with Gasteiger partial charge in [0, 0.05) is 28.9 Å². The number of nitrogens with one attached hydrogen (secondary N) is 5. The lowest BCUT2D eigenvalue weighted by Gasteiger charge is -2.16. The van der Waals surface area contributed by atoms with E-state index in [-0.39, 0.29) is 5.91 Å². The van der Waals surface area contributed by atoms with Crippen molar-refractivity contribution in [1.29, 1.82) is 0 Å². The van der Waals surface area contributed by atoms with E-state index < -0.39 is 0 Å². The van der Waals surface area contributed by atoms with Gasteiger partial charge in [0.1, 0.15) is 11.7 Å². The number of aliphatic imine (C=N–C) groups is 2. The second-order valence-electron chi connectivity index (χ2n) is 9.83. The van der Waals surface area contributed by atoms with Crippen molar-refractivity contribution in [2.45, 2.75) is 27.2 Å². The van der Waals surface area contributed by atoms with Gasteiger partial charge in [-0.2, -0.15) is 5.10 Å². The molecule has 5 N–H and O–H groups in total. The molecule has 0 bridgehead atoms. The third-order valence-electron chi connectivity index (χ3n) is 5.83. The van der Waals surface area contributed by atoms with E-state index in [2.05, 4.69) is 61.9 Å². The van der Waals surface area contributed by atoms with Crippen LogP contribution >= 0.6 is 0 Å². The molecule has 1 amide bonds. The largest absolute Gasteiger partial charge is 0.377 e. The molecule has 238 valence electrons. The standard InChI is InChI=1S/C31H36N8O3.C3H8/c1-23(32-15-17-41-19-20-42-18-16-33-30(40)25-9-5-3-6-10-25)36-31(37-24(2)35-27-11-7-4-8-12-27)38-28-14-13-26-22-34-39-29(26)21-28;1-3-2/h3-14,21-22,35H,2,15-20H2,1H3,(H,33,40)(H,34,39)(H2,32,36,37,38);3H2,1-2H3. The molecule has 3 aromatic carbocycles. The zero-order chi connectivity index (χ0) is 32.1. The number of amides is 1. The van der Waals surface area contributed by atoms with Gasteiger partial charge in [-0.15, -0.1) is 0 Å². The van der Waals surface area contributed by atoms with Crippen LogP contribution in [0, 0.1) is 0 Å². The molecule has 0 fully saturated rings. The first kappa shape index (κ1) is 34.5. The summed E-state index contributed by atoms with van der Waals surface area (Å²) in [6, 6.07) is 24.7. The summed E-state index contributed by atoms with van der Waals surface area (Å²) in [6.45, 7) is 12.7. The SMILES string of the molecule is C=C(NC(=NC(C)=NCCOCCOCCNC(=O)c1ccccc1)Nc1ccc2cn[nH]c2c1)Nc1ccccc1.CCC. The monoisotopic (exact) mass is 612 g/mol. The number of carbonyl (C=O) groups is 1. The van der Waals surface area contributed by atoms with Crippen LogP contribution in [0.3, 0.4) is 0 Å². The van der Waals surface area contributed by atoms with Gasteiger partial charge >= 0.3 is 0 Å². The number of H-pyrrole nitrogens is 1. The highest BCUT2D eigenvalue weighted by Crippen LogP contribution is 2.16. The van der Waals surface area contributed by atoms with Crippen molar-refractivity contribution in [3.8, 4) is 0 Å². The molecule has 1 aromatic heterocycles. The summed E-state index contributed by atoms with van der Waals surface area (Å²) in [5.74, 6) is 1.45. The Balaban J connectivity index is 0.00000177. The van der Waals surface area contributed by atoms with E-state index >= 15 is 0 Å². The highest BCUT2D eigenvalue weighted by molar-refractivity contribution is 6.03. The number of ether oxygens (including phenoxy) is 2. The van der Waals surface area contributed by atoms with Crippen molar-refractivity contribution in [1.82, 2.24) is 20.8 Å². The van der Waals surface area contributed by atoms with E-state index in [0.29, 0.717) is 62.7 Å².